The van der Waals surface area contributed by atoms with Crippen LogP contribution in [0.5, 0.6) is 5.75 Å². The second-order valence-corrected chi connectivity index (χ2v) is 9.55. The van der Waals surface area contributed by atoms with Gasteiger partial charge < -0.3 is 14.8 Å². The van der Waals surface area contributed by atoms with Crippen LogP contribution in [0.4, 0.5) is 0 Å². The Morgan fingerprint density at radius 3 is 2.45 bits per heavy atom. The van der Waals surface area contributed by atoms with Crippen molar-refractivity contribution in [2.24, 2.45) is 11.8 Å². The van der Waals surface area contributed by atoms with E-state index in [0.717, 1.165) is 29.7 Å². The molecule has 0 radical (unpaired) electrons. The number of nitrogens with one attached hydrogen (secondary N) is 1. The lowest BCUT2D eigenvalue weighted by Gasteiger charge is -2.43. The Morgan fingerprint density at radius 2 is 1.77 bits per heavy atom. The van der Waals surface area contributed by atoms with Crippen LogP contribution in [-0.4, -0.2) is 17.6 Å². The van der Waals surface area contributed by atoms with E-state index in [1.165, 1.54) is 12.0 Å². The fraction of sp³-hybridized carbons (Fsp3) is 0.444. The van der Waals surface area contributed by atoms with Crippen LogP contribution < -0.4 is 10.1 Å². The van der Waals surface area contributed by atoms with Crippen LogP contribution in [0.25, 0.3) is 0 Å². The van der Waals surface area contributed by atoms with E-state index in [0.29, 0.717) is 24.2 Å². The smallest absolute Gasteiger partial charge is 0.264 e. The highest BCUT2D eigenvalue weighted by molar-refractivity contribution is 5.85. The van der Waals surface area contributed by atoms with Crippen molar-refractivity contribution in [1.82, 2.24) is 5.32 Å². The minimum Gasteiger partial charge on any atom is -0.493 e. The largest absolute Gasteiger partial charge is 0.493 e. The lowest BCUT2D eigenvalue weighted by Crippen LogP contribution is -2.53. The Balaban J connectivity index is 1.46. The van der Waals surface area contributed by atoms with Gasteiger partial charge in [0.15, 0.2) is 5.60 Å². The Labute approximate surface area is 185 Å². The van der Waals surface area contributed by atoms with Crippen LogP contribution >= 0.6 is 0 Å². The highest BCUT2D eigenvalue weighted by atomic mass is 16.5. The van der Waals surface area contributed by atoms with Crippen molar-refractivity contribution < 1.29 is 14.3 Å². The molecule has 1 N–H and O–H groups in total. The van der Waals surface area contributed by atoms with Gasteiger partial charge in [-0.05, 0) is 68.7 Å². The van der Waals surface area contributed by atoms with Crippen LogP contribution in [-0.2, 0) is 16.1 Å². The number of benzene rings is 2. The van der Waals surface area contributed by atoms with Gasteiger partial charge in [0.05, 0.1) is 11.8 Å². The molecular formula is C27H33NO3. The Hall–Kier alpha value is -2.75. The Kier molecular flexibility index (Phi) is 6.08. The fourth-order valence-corrected chi connectivity index (χ4v) is 4.85. The molecule has 164 valence electrons. The van der Waals surface area contributed by atoms with E-state index < -0.39 is 5.60 Å². The molecule has 0 saturated heterocycles. The third-order valence-corrected chi connectivity index (χ3v) is 6.46. The second kappa shape index (κ2) is 8.78. The molecule has 0 aliphatic heterocycles. The van der Waals surface area contributed by atoms with Crippen molar-refractivity contribution >= 4 is 5.91 Å². The number of hydrogen-bond donors (Lipinski definition) is 1. The fourth-order valence-electron chi connectivity index (χ4n) is 4.85. The van der Waals surface area contributed by atoms with Gasteiger partial charge >= 0.3 is 0 Å². The third kappa shape index (κ3) is 4.95. The molecule has 2 bridgehead atoms. The molecule has 3 aliphatic rings. The molecule has 5 rings (SSSR count). The number of amides is 1. The minimum absolute atomic E-state index is 0.0154. The standard InChI is InChI=1S/C27H33NO3/c1-18-10-12-22(13-11-18)31-27(3,4)26(29)28-23-15-21-14-19(2)25(23)24(16-21)30-17-20-8-6-5-7-9-20/h5-13,19,21,23H,14-17H2,1-4H3,(H,28,29)/t19-,21?,23?/m1/s1. The van der Waals surface area contributed by atoms with Gasteiger partial charge in [-0.2, -0.15) is 0 Å². The van der Waals surface area contributed by atoms with E-state index in [9.17, 15) is 4.79 Å². The summed E-state index contributed by atoms with van der Waals surface area (Å²) < 4.78 is 12.3. The summed E-state index contributed by atoms with van der Waals surface area (Å²) in [5.74, 6) is 2.65. The number of carbonyl (C=O) groups is 1. The van der Waals surface area contributed by atoms with Crippen LogP contribution in [0.1, 0.15) is 51.2 Å². The maximum atomic E-state index is 13.2. The SMILES string of the molecule is Cc1ccc(OC(C)(C)C(=O)NC2CC3CC(OCc4ccccc4)=C2[C@H](C)C3)cc1. The summed E-state index contributed by atoms with van der Waals surface area (Å²) in [4.78, 5) is 13.2. The van der Waals surface area contributed by atoms with Gasteiger partial charge in [-0.15, -0.1) is 0 Å². The van der Waals surface area contributed by atoms with E-state index >= 15 is 0 Å². The topological polar surface area (TPSA) is 47.6 Å². The molecule has 0 heterocycles. The predicted molar refractivity (Wildman–Crippen MR) is 123 cm³/mol. The van der Waals surface area contributed by atoms with E-state index in [4.69, 9.17) is 9.47 Å². The maximum absolute atomic E-state index is 13.2. The van der Waals surface area contributed by atoms with Gasteiger partial charge in [-0.1, -0.05) is 55.0 Å². The predicted octanol–water partition coefficient (Wildman–Crippen LogP) is 5.56. The number of carbonyl (C=O) groups excluding carboxylic acids is 1. The molecule has 31 heavy (non-hydrogen) atoms. The first-order valence-electron chi connectivity index (χ1n) is 11.3. The molecule has 2 unspecified atom stereocenters. The summed E-state index contributed by atoms with van der Waals surface area (Å²) in [5.41, 5.74) is 2.63. The first-order valence-corrected chi connectivity index (χ1v) is 11.3. The number of rotatable bonds is 7. The van der Waals surface area contributed by atoms with Gasteiger partial charge in [-0.3, -0.25) is 4.79 Å². The van der Waals surface area contributed by atoms with E-state index in [1.807, 2.05) is 63.2 Å². The van der Waals surface area contributed by atoms with Crippen LogP contribution in [0, 0.1) is 18.8 Å². The lowest BCUT2D eigenvalue weighted by molar-refractivity contribution is -0.135. The molecule has 2 aromatic rings. The highest BCUT2D eigenvalue weighted by Gasteiger charge is 2.42. The number of allylic oxidation sites excluding steroid dienone is 1. The van der Waals surface area contributed by atoms with Crippen LogP contribution in [0.2, 0.25) is 0 Å². The van der Waals surface area contributed by atoms with Gasteiger partial charge in [-0.25, -0.2) is 0 Å². The van der Waals surface area contributed by atoms with Gasteiger partial charge in [0.25, 0.3) is 5.91 Å². The summed E-state index contributed by atoms with van der Waals surface area (Å²) in [6.07, 6.45) is 3.12. The van der Waals surface area contributed by atoms with Crippen molar-refractivity contribution in [2.75, 3.05) is 0 Å². The summed E-state index contributed by atoms with van der Waals surface area (Å²) in [5, 5.41) is 3.28. The van der Waals surface area contributed by atoms with Crippen LogP contribution in [0.15, 0.2) is 65.9 Å². The molecule has 4 nitrogen and oxygen atoms in total. The van der Waals surface area contributed by atoms with Crippen LogP contribution in [0.3, 0.4) is 0 Å². The molecule has 3 atom stereocenters. The Morgan fingerprint density at radius 1 is 1.06 bits per heavy atom. The first-order chi connectivity index (χ1) is 14.8. The number of aryl methyl sites for hydroxylation is 1. The number of fused-ring (bicyclic) bond motifs is 3. The van der Waals surface area contributed by atoms with Crippen molar-refractivity contribution in [3.8, 4) is 5.75 Å². The molecule has 1 fully saturated rings. The van der Waals surface area contributed by atoms with Gasteiger partial charge in [0.1, 0.15) is 12.4 Å². The zero-order valence-electron chi connectivity index (χ0n) is 19.0. The summed E-state index contributed by atoms with van der Waals surface area (Å²) in [6.45, 7) is 8.51. The van der Waals surface area contributed by atoms with Crippen molar-refractivity contribution in [3.63, 3.8) is 0 Å². The van der Waals surface area contributed by atoms with E-state index in [-0.39, 0.29) is 11.9 Å². The lowest BCUT2D eigenvalue weighted by atomic mass is 9.68. The molecule has 1 saturated carbocycles. The quantitative estimate of drug-likeness (QED) is 0.639. The third-order valence-electron chi connectivity index (χ3n) is 6.46. The molecule has 3 aliphatic carbocycles. The summed E-state index contributed by atoms with van der Waals surface area (Å²) in [6, 6.07) is 18.1. The Bertz CT molecular complexity index is 946. The van der Waals surface area contributed by atoms with E-state index in [2.05, 4.69) is 24.4 Å². The van der Waals surface area contributed by atoms with Crippen molar-refractivity contribution in [2.45, 2.75) is 65.2 Å². The van der Waals surface area contributed by atoms with Crippen molar-refractivity contribution in [3.05, 3.63) is 77.1 Å². The molecule has 2 aromatic carbocycles. The number of ether oxygens (including phenoxy) is 2. The van der Waals surface area contributed by atoms with E-state index in [1.54, 1.807) is 0 Å². The molecule has 0 aromatic heterocycles. The normalized spacial score (nSPS) is 22.9. The average Bonchev–Trinajstić information content (AvgIpc) is 2.74. The average molecular weight is 420 g/mol. The van der Waals surface area contributed by atoms with Gasteiger partial charge in [0, 0.05) is 6.42 Å². The molecule has 4 heteroatoms. The molecule has 1 amide bonds. The zero-order valence-corrected chi connectivity index (χ0v) is 19.0. The monoisotopic (exact) mass is 419 g/mol. The highest BCUT2D eigenvalue weighted by Crippen LogP contribution is 2.45. The van der Waals surface area contributed by atoms with Gasteiger partial charge in [0.2, 0.25) is 0 Å². The second-order valence-electron chi connectivity index (χ2n) is 9.55. The van der Waals surface area contributed by atoms with Crippen molar-refractivity contribution in [1.29, 1.82) is 0 Å². The first kappa shape index (κ1) is 21.5. The molecular weight excluding hydrogens is 386 g/mol. The zero-order chi connectivity index (χ0) is 22.0. The molecule has 0 spiro atoms. The summed E-state index contributed by atoms with van der Waals surface area (Å²) >= 11 is 0. The number of hydrogen-bond acceptors (Lipinski definition) is 3. The summed E-state index contributed by atoms with van der Waals surface area (Å²) in [7, 11) is 0. The maximum Gasteiger partial charge on any atom is 0.264 e. The minimum atomic E-state index is -0.958.